The fourth-order valence-corrected chi connectivity index (χ4v) is 4.14. The lowest BCUT2D eigenvalue weighted by atomic mass is 10.0. The van der Waals surface area contributed by atoms with Crippen molar-refractivity contribution in [2.24, 2.45) is 0 Å². The zero-order valence-electron chi connectivity index (χ0n) is 15.8. The second-order valence-corrected chi connectivity index (χ2v) is 7.54. The van der Waals surface area contributed by atoms with Crippen LogP contribution >= 0.6 is 0 Å². The van der Waals surface area contributed by atoms with Crippen molar-refractivity contribution in [1.82, 2.24) is 14.9 Å². The molecule has 0 atom stereocenters. The van der Waals surface area contributed by atoms with Crippen LogP contribution < -0.4 is 9.64 Å². The molecule has 1 fully saturated rings. The predicted molar refractivity (Wildman–Crippen MR) is 104 cm³/mol. The van der Waals surface area contributed by atoms with Crippen LogP contribution in [0.15, 0.2) is 30.6 Å². The van der Waals surface area contributed by atoms with Crippen LogP contribution in [-0.4, -0.2) is 48.1 Å². The third kappa shape index (κ3) is 3.54. The van der Waals surface area contributed by atoms with Gasteiger partial charge >= 0.3 is 0 Å². The number of fused-ring (bicyclic) bond motifs is 2. The molecule has 0 spiro atoms. The van der Waals surface area contributed by atoms with Crippen LogP contribution in [0, 0.1) is 0 Å². The topological polar surface area (TPSA) is 41.5 Å². The Hall–Kier alpha value is -2.14. The van der Waals surface area contributed by atoms with E-state index in [1.54, 1.807) is 6.33 Å². The molecule has 5 nitrogen and oxygen atoms in total. The summed E-state index contributed by atoms with van der Waals surface area (Å²) in [5.41, 5.74) is 3.41. The first-order valence-electron chi connectivity index (χ1n) is 9.67. The van der Waals surface area contributed by atoms with E-state index >= 15 is 0 Å². The molecule has 2 heterocycles. The Bertz CT molecular complexity index is 757. The van der Waals surface area contributed by atoms with Gasteiger partial charge in [0, 0.05) is 38.2 Å². The van der Waals surface area contributed by atoms with E-state index in [4.69, 9.17) is 4.74 Å². The lowest BCUT2D eigenvalue weighted by Crippen LogP contribution is -2.36. The Kier molecular flexibility index (Phi) is 5.07. The monoisotopic (exact) mass is 352 g/mol. The molecule has 26 heavy (non-hydrogen) atoms. The molecule has 1 aliphatic heterocycles. The largest absolute Gasteiger partial charge is 0.487 e. The van der Waals surface area contributed by atoms with Crippen LogP contribution in [0.4, 0.5) is 5.82 Å². The van der Waals surface area contributed by atoms with E-state index < -0.39 is 0 Å². The third-order valence-electron chi connectivity index (χ3n) is 5.81. The van der Waals surface area contributed by atoms with Crippen molar-refractivity contribution in [3.05, 3.63) is 47.4 Å². The fourth-order valence-electron chi connectivity index (χ4n) is 4.14. The Morgan fingerprint density at radius 1 is 1.08 bits per heavy atom. The summed E-state index contributed by atoms with van der Waals surface area (Å²) in [6, 6.07) is 9.01. The maximum Gasteiger partial charge on any atom is 0.135 e. The molecule has 0 bridgehead atoms. The van der Waals surface area contributed by atoms with Gasteiger partial charge in [-0.05, 0) is 31.5 Å². The van der Waals surface area contributed by atoms with Gasteiger partial charge in [0.2, 0.25) is 0 Å². The van der Waals surface area contributed by atoms with Gasteiger partial charge in [-0.15, -0.1) is 0 Å². The number of likely N-dealkylation sites (N-methyl/N-ethyl adjacent to an activating group) is 2. The number of nitrogens with zero attached hydrogens (tertiary/aromatic N) is 4. The first-order chi connectivity index (χ1) is 12.7. The fraction of sp³-hybridized carbons (Fsp3) is 0.524. The van der Waals surface area contributed by atoms with Gasteiger partial charge in [0.1, 0.15) is 24.5 Å². The van der Waals surface area contributed by atoms with Crippen LogP contribution in [-0.2, 0) is 13.0 Å². The standard InChI is InChI=1S/C21H28N4O/c1-24(17-8-4-5-9-17)11-12-25(2)21-18-13-16-7-3-6-10-20(16)26-14-19(18)22-15-23-21/h3,6-7,10,15,17H,4-5,8-9,11-14H2,1-2H3. The van der Waals surface area contributed by atoms with Crippen LogP contribution in [0.25, 0.3) is 0 Å². The van der Waals surface area contributed by atoms with Crippen LogP contribution in [0.5, 0.6) is 5.75 Å². The number of hydrogen-bond donors (Lipinski definition) is 0. The van der Waals surface area contributed by atoms with Gasteiger partial charge in [-0.2, -0.15) is 0 Å². The molecule has 5 heteroatoms. The van der Waals surface area contributed by atoms with Crippen LogP contribution in [0.1, 0.15) is 42.5 Å². The highest BCUT2D eigenvalue weighted by Crippen LogP contribution is 2.31. The van der Waals surface area contributed by atoms with E-state index in [-0.39, 0.29) is 0 Å². The van der Waals surface area contributed by atoms with Crippen molar-refractivity contribution in [2.75, 3.05) is 32.1 Å². The molecule has 4 rings (SSSR count). The summed E-state index contributed by atoms with van der Waals surface area (Å²) < 4.78 is 5.96. The highest BCUT2D eigenvalue weighted by atomic mass is 16.5. The van der Waals surface area contributed by atoms with Gasteiger partial charge in [0.05, 0.1) is 5.69 Å². The lowest BCUT2D eigenvalue weighted by Gasteiger charge is -2.28. The molecule has 2 aromatic rings. The van der Waals surface area contributed by atoms with Gasteiger partial charge in [0.15, 0.2) is 0 Å². The van der Waals surface area contributed by atoms with Crippen molar-refractivity contribution < 1.29 is 4.74 Å². The molecule has 0 saturated heterocycles. The van der Waals surface area contributed by atoms with E-state index in [0.717, 1.165) is 42.8 Å². The molecule has 1 aromatic heterocycles. The van der Waals surface area contributed by atoms with E-state index in [0.29, 0.717) is 6.61 Å². The highest BCUT2D eigenvalue weighted by molar-refractivity contribution is 5.53. The smallest absolute Gasteiger partial charge is 0.135 e. The Morgan fingerprint density at radius 3 is 2.73 bits per heavy atom. The molecule has 1 saturated carbocycles. The van der Waals surface area contributed by atoms with Gasteiger partial charge in [-0.1, -0.05) is 31.0 Å². The van der Waals surface area contributed by atoms with Crippen molar-refractivity contribution >= 4 is 5.82 Å². The molecule has 0 amide bonds. The van der Waals surface area contributed by atoms with Gasteiger partial charge in [0.25, 0.3) is 0 Å². The van der Waals surface area contributed by atoms with Gasteiger partial charge in [-0.25, -0.2) is 9.97 Å². The average molecular weight is 352 g/mol. The Labute approximate surface area is 156 Å². The Morgan fingerprint density at radius 2 is 1.88 bits per heavy atom. The van der Waals surface area contributed by atoms with Crippen molar-refractivity contribution in [3.63, 3.8) is 0 Å². The minimum absolute atomic E-state index is 0.512. The number of rotatable bonds is 5. The number of hydrogen-bond acceptors (Lipinski definition) is 5. The molecule has 1 aromatic carbocycles. The molecule has 0 radical (unpaired) electrons. The zero-order chi connectivity index (χ0) is 17.9. The van der Waals surface area contributed by atoms with E-state index in [2.05, 4.69) is 46.0 Å². The van der Waals surface area contributed by atoms with Gasteiger partial charge in [-0.3, -0.25) is 0 Å². The van der Waals surface area contributed by atoms with Crippen molar-refractivity contribution in [2.45, 2.75) is 44.8 Å². The third-order valence-corrected chi connectivity index (χ3v) is 5.81. The first kappa shape index (κ1) is 17.3. The molecule has 0 unspecified atom stereocenters. The van der Waals surface area contributed by atoms with Crippen LogP contribution in [0.2, 0.25) is 0 Å². The molecule has 1 aliphatic carbocycles. The minimum Gasteiger partial charge on any atom is -0.487 e. The minimum atomic E-state index is 0.512. The quantitative estimate of drug-likeness (QED) is 0.826. The normalized spacial score (nSPS) is 16.7. The summed E-state index contributed by atoms with van der Waals surface area (Å²) in [5, 5.41) is 0. The van der Waals surface area contributed by atoms with Gasteiger partial charge < -0.3 is 14.5 Å². The summed E-state index contributed by atoms with van der Waals surface area (Å²) in [5.74, 6) is 2.00. The maximum atomic E-state index is 5.96. The maximum absolute atomic E-state index is 5.96. The number of anilines is 1. The summed E-state index contributed by atoms with van der Waals surface area (Å²) in [4.78, 5) is 13.9. The number of benzene rings is 1. The molecular weight excluding hydrogens is 324 g/mol. The predicted octanol–water partition coefficient (Wildman–Crippen LogP) is 3.27. The number of para-hydroxylation sites is 1. The number of ether oxygens (including phenoxy) is 1. The van der Waals surface area contributed by atoms with Crippen LogP contribution in [0.3, 0.4) is 0 Å². The Balaban J connectivity index is 1.51. The van der Waals surface area contributed by atoms with Crippen molar-refractivity contribution in [3.8, 4) is 5.75 Å². The summed E-state index contributed by atoms with van der Waals surface area (Å²) in [6.07, 6.45) is 7.94. The summed E-state index contributed by atoms with van der Waals surface area (Å²) in [7, 11) is 4.40. The second-order valence-electron chi connectivity index (χ2n) is 7.54. The molecule has 138 valence electrons. The zero-order valence-corrected chi connectivity index (χ0v) is 15.8. The van der Waals surface area contributed by atoms with E-state index in [9.17, 15) is 0 Å². The molecule has 2 aliphatic rings. The van der Waals surface area contributed by atoms with E-state index in [1.807, 2.05) is 12.1 Å². The van der Waals surface area contributed by atoms with Crippen molar-refractivity contribution in [1.29, 1.82) is 0 Å². The molecule has 0 N–H and O–H groups in total. The summed E-state index contributed by atoms with van der Waals surface area (Å²) in [6.45, 7) is 2.55. The number of aromatic nitrogens is 2. The second kappa shape index (κ2) is 7.62. The average Bonchev–Trinajstić information content (AvgIpc) is 3.14. The summed E-state index contributed by atoms with van der Waals surface area (Å²) >= 11 is 0. The first-order valence-corrected chi connectivity index (χ1v) is 9.67. The van der Waals surface area contributed by atoms with E-state index in [1.165, 1.54) is 36.8 Å². The lowest BCUT2D eigenvalue weighted by molar-refractivity contribution is 0.251. The molecular formula is C21H28N4O. The SMILES string of the molecule is CN(CCN(C)C1CCCC1)c1ncnc2c1Cc1ccccc1OC2. The highest BCUT2D eigenvalue weighted by Gasteiger charge is 2.22.